The minimum absolute atomic E-state index is 0.0861. The molecule has 4 aromatic rings. The normalized spacial score (nSPS) is 10.7. The summed E-state index contributed by atoms with van der Waals surface area (Å²) in [5, 5.41) is 8.35. The molecule has 0 atom stereocenters. The fourth-order valence-corrected chi connectivity index (χ4v) is 2.96. The van der Waals surface area contributed by atoms with Gasteiger partial charge in [-0.1, -0.05) is 29.4 Å². The number of benzene rings is 2. The zero-order valence-corrected chi connectivity index (χ0v) is 16.7. The molecule has 0 radical (unpaired) electrons. The number of rotatable bonds is 7. The van der Waals surface area contributed by atoms with Gasteiger partial charge in [0.25, 0.3) is 0 Å². The Morgan fingerprint density at radius 1 is 1.03 bits per heavy atom. The number of hydrogen-bond donors (Lipinski definition) is 0. The highest BCUT2D eigenvalue weighted by molar-refractivity contribution is 5.89. The van der Waals surface area contributed by atoms with Gasteiger partial charge in [-0.05, 0) is 50.2 Å². The number of carbonyl (C=O) groups excluding carboxylic acids is 1. The topological polar surface area (TPSA) is 79.4 Å². The number of aromatic nitrogens is 3. The lowest BCUT2D eigenvalue weighted by Gasteiger charge is -2.08. The first-order chi connectivity index (χ1) is 14.6. The Labute approximate surface area is 173 Å². The molecule has 4 rings (SSSR count). The van der Waals surface area contributed by atoms with Crippen LogP contribution in [0.5, 0.6) is 5.75 Å². The number of hydrogen-bond acceptors (Lipinski definition) is 6. The first-order valence-electron chi connectivity index (χ1n) is 9.52. The number of esters is 1. The first-order valence-corrected chi connectivity index (χ1v) is 9.52. The van der Waals surface area contributed by atoms with E-state index in [1.807, 2.05) is 56.4 Å². The second-order valence-corrected chi connectivity index (χ2v) is 6.78. The molecule has 0 bridgehead atoms. The van der Waals surface area contributed by atoms with Crippen molar-refractivity contribution in [3.8, 4) is 11.4 Å². The van der Waals surface area contributed by atoms with Crippen molar-refractivity contribution < 1.29 is 18.8 Å². The Hall–Kier alpha value is -3.87. The van der Waals surface area contributed by atoms with Gasteiger partial charge in [-0.25, -0.2) is 9.48 Å². The van der Waals surface area contributed by atoms with Gasteiger partial charge in [0, 0.05) is 6.20 Å². The van der Waals surface area contributed by atoms with Crippen LogP contribution in [0.25, 0.3) is 5.69 Å². The van der Waals surface area contributed by atoms with Crippen LogP contribution in [0.1, 0.15) is 33.1 Å². The van der Waals surface area contributed by atoms with Crippen molar-refractivity contribution in [2.45, 2.75) is 27.1 Å². The molecule has 0 aliphatic heterocycles. The molecule has 2 heterocycles. The summed E-state index contributed by atoms with van der Waals surface area (Å²) in [6, 6.07) is 18.4. The smallest absolute Gasteiger partial charge is 0.338 e. The standard InChI is InChI=1S/C23H21N3O4/c1-16-22(17(2)30-25-16)15-28-21-10-6-7-18(13-21)23(27)29-14-19-11-12-26(24-19)20-8-4-3-5-9-20/h3-13H,14-15H2,1-2H3. The highest BCUT2D eigenvalue weighted by Crippen LogP contribution is 2.19. The fourth-order valence-electron chi connectivity index (χ4n) is 2.96. The van der Waals surface area contributed by atoms with E-state index < -0.39 is 5.97 Å². The van der Waals surface area contributed by atoms with Gasteiger partial charge < -0.3 is 14.0 Å². The molecule has 0 N–H and O–H groups in total. The summed E-state index contributed by atoms with van der Waals surface area (Å²) < 4.78 is 18.1. The summed E-state index contributed by atoms with van der Waals surface area (Å²) in [7, 11) is 0. The predicted molar refractivity (Wildman–Crippen MR) is 109 cm³/mol. The van der Waals surface area contributed by atoms with E-state index in [0.717, 1.165) is 22.7 Å². The van der Waals surface area contributed by atoms with Crippen molar-refractivity contribution in [3.63, 3.8) is 0 Å². The third-order valence-corrected chi connectivity index (χ3v) is 4.65. The summed E-state index contributed by atoms with van der Waals surface area (Å²) in [5.41, 5.74) is 3.71. The van der Waals surface area contributed by atoms with Crippen LogP contribution in [0, 0.1) is 13.8 Å². The van der Waals surface area contributed by atoms with Crippen molar-refractivity contribution in [1.29, 1.82) is 0 Å². The van der Waals surface area contributed by atoms with Gasteiger partial charge in [-0.15, -0.1) is 0 Å². The van der Waals surface area contributed by atoms with Crippen LogP contribution in [0.2, 0.25) is 0 Å². The number of para-hydroxylation sites is 1. The van der Waals surface area contributed by atoms with E-state index in [0.29, 0.717) is 23.6 Å². The van der Waals surface area contributed by atoms with E-state index in [9.17, 15) is 4.79 Å². The van der Waals surface area contributed by atoms with Crippen molar-refractivity contribution >= 4 is 5.97 Å². The molecule has 0 aliphatic rings. The van der Waals surface area contributed by atoms with E-state index in [1.54, 1.807) is 28.9 Å². The van der Waals surface area contributed by atoms with Crippen LogP contribution in [-0.4, -0.2) is 20.9 Å². The first kappa shape index (κ1) is 19.4. The van der Waals surface area contributed by atoms with Gasteiger partial charge in [0.1, 0.15) is 30.4 Å². The average molecular weight is 403 g/mol. The zero-order chi connectivity index (χ0) is 20.9. The molecule has 0 fully saturated rings. The van der Waals surface area contributed by atoms with Crippen molar-refractivity contribution in [1.82, 2.24) is 14.9 Å². The van der Waals surface area contributed by atoms with E-state index in [1.165, 1.54) is 0 Å². The molecule has 7 heteroatoms. The highest BCUT2D eigenvalue weighted by Gasteiger charge is 2.12. The van der Waals surface area contributed by atoms with Crippen molar-refractivity contribution in [3.05, 3.63) is 95.1 Å². The molecule has 0 unspecified atom stereocenters. The van der Waals surface area contributed by atoms with Crippen molar-refractivity contribution in [2.24, 2.45) is 0 Å². The van der Waals surface area contributed by atoms with E-state index in [4.69, 9.17) is 14.0 Å². The van der Waals surface area contributed by atoms with Crippen LogP contribution in [0.3, 0.4) is 0 Å². The predicted octanol–water partition coefficient (Wildman–Crippen LogP) is 4.41. The third-order valence-electron chi connectivity index (χ3n) is 4.65. The van der Waals surface area contributed by atoms with Crippen LogP contribution >= 0.6 is 0 Å². The quantitative estimate of drug-likeness (QED) is 0.425. The number of nitrogens with zero attached hydrogens (tertiary/aromatic N) is 3. The Bertz CT molecular complexity index is 1130. The Morgan fingerprint density at radius 2 is 1.87 bits per heavy atom. The average Bonchev–Trinajstić information content (AvgIpc) is 3.38. The number of aryl methyl sites for hydroxylation is 2. The number of carbonyl (C=O) groups is 1. The molecule has 0 spiro atoms. The Morgan fingerprint density at radius 3 is 2.63 bits per heavy atom. The Kier molecular flexibility index (Phi) is 5.61. The third kappa shape index (κ3) is 4.41. The molecule has 0 amide bonds. The SMILES string of the molecule is Cc1noc(C)c1COc1cccc(C(=O)OCc2ccn(-c3ccccc3)n2)c1. The second kappa shape index (κ2) is 8.65. The summed E-state index contributed by atoms with van der Waals surface area (Å²) >= 11 is 0. The Balaban J connectivity index is 1.36. The minimum atomic E-state index is -0.438. The lowest BCUT2D eigenvalue weighted by Crippen LogP contribution is -2.06. The summed E-state index contributed by atoms with van der Waals surface area (Å²) in [5.74, 6) is 0.850. The van der Waals surface area contributed by atoms with Gasteiger partial charge in [0.2, 0.25) is 0 Å². The minimum Gasteiger partial charge on any atom is -0.489 e. The zero-order valence-electron chi connectivity index (χ0n) is 16.7. The lowest BCUT2D eigenvalue weighted by molar-refractivity contribution is 0.0467. The molecule has 152 valence electrons. The van der Waals surface area contributed by atoms with Crippen LogP contribution in [0.15, 0.2) is 71.4 Å². The maximum Gasteiger partial charge on any atom is 0.338 e. The van der Waals surface area contributed by atoms with Gasteiger partial charge in [0.15, 0.2) is 0 Å². The fraction of sp³-hybridized carbons (Fsp3) is 0.174. The van der Waals surface area contributed by atoms with Gasteiger partial charge in [-0.2, -0.15) is 5.10 Å². The largest absolute Gasteiger partial charge is 0.489 e. The van der Waals surface area contributed by atoms with E-state index in [-0.39, 0.29) is 6.61 Å². The van der Waals surface area contributed by atoms with Crippen LogP contribution in [-0.2, 0) is 18.0 Å². The number of ether oxygens (including phenoxy) is 2. The van der Waals surface area contributed by atoms with Gasteiger partial charge in [0.05, 0.1) is 22.5 Å². The molecular weight excluding hydrogens is 382 g/mol. The van der Waals surface area contributed by atoms with E-state index in [2.05, 4.69) is 10.3 Å². The van der Waals surface area contributed by atoms with Crippen LogP contribution in [0.4, 0.5) is 0 Å². The summed E-state index contributed by atoms with van der Waals surface area (Å²) in [4.78, 5) is 12.5. The molecular formula is C23H21N3O4. The molecule has 0 saturated carbocycles. The molecule has 0 aliphatic carbocycles. The van der Waals surface area contributed by atoms with Crippen LogP contribution < -0.4 is 4.74 Å². The summed E-state index contributed by atoms with van der Waals surface area (Å²) in [6.45, 7) is 4.10. The molecule has 30 heavy (non-hydrogen) atoms. The van der Waals surface area contributed by atoms with E-state index >= 15 is 0 Å². The lowest BCUT2D eigenvalue weighted by atomic mass is 10.2. The maximum absolute atomic E-state index is 12.5. The maximum atomic E-state index is 12.5. The molecule has 2 aromatic heterocycles. The van der Waals surface area contributed by atoms with Gasteiger partial charge in [-0.3, -0.25) is 0 Å². The highest BCUT2D eigenvalue weighted by atomic mass is 16.5. The molecule has 2 aromatic carbocycles. The molecule has 7 nitrogen and oxygen atoms in total. The second-order valence-electron chi connectivity index (χ2n) is 6.78. The molecule has 0 saturated heterocycles. The monoisotopic (exact) mass is 403 g/mol. The van der Waals surface area contributed by atoms with Gasteiger partial charge >= 0.3 is 5.97 Å². The van der Waals surface area contributed by atoms with Crippen molar-refractivity contribution in [2.75, 3.05) is 0 Å². The summed E-state index contributed by atoms with van der Waals surface area (Å²) in [6.07, 6.45) is 1.83.